The van der Waals surface area contributed by atoms with Crippen LogP contribution in [-0.4, -0.2) is 32.9 Å². The van der Waals surface area contributed by atoms with E-state index in [2.05, 4.69) is 4.98 Å². The van der Waals surface area contributed by atoms with Crippen molar-refractivity contribution in [3.05, 3.63) is 33.8 Å². The molecule has 2 N–H and O–H groups in total. The van der Waals surface area contributed by atoms with Crippen molar-refractivity contribution in [2.24, 2.45) is 5.73 Å². The monoisotopic (exact) mass is 322 g/mol. The molecule has 22 heavy (non-hydrogen) atoms. The smallest absolute Gasteiger partial charge is 0.203 e. The summed E-state index contributed by atoms with van der Waals surface area (Å²) in [5, 5.41) is 3.11. The lowest BCUT2D eigenvalue weighted by atomic mass is 9.99. The Morgan fingerprint density at radius 2 is 1.77 bits per heavy atom. The van der Waals surface area contributed by atoms with E-state index in [0.717, 1.165) is 22.7 Å². The number of rotatable bonds is 7. The van der Waals surface area contributed by atoms with Crippen LogP contribution in [0.1, 0.15) is 22.2 Å². The normalized spacial score (nSPS) is 12.0. The predicted octanol–water partition coefficient (Wildman–Crippen LogP) is 2.76. The van der Waals surface area contributed by atoms with E-state index < -0.39 is 0 Å². The Hall–Kier alpha value is -1.79. The standard InChI is InChI=1S/C16H22N2O3S/c1-10-9-22-16(18-10)12(8-17)5-11-6-13(19-2)15(21-4)14(7-11)20-3/h6-7,9,12H,5,8,17H2,1-4H3. The van der Waals surface area contributed by atoms with Gasteiger partial charge in [0, 0.05) is 23.5 Å². The topological polar surface area (TPSA) is 66.6 Å². The molecule has 0 bridgehead atoms. The van der Waals surface area contributed by atoms with Crippen LogP contribution in [0.4, 0.5) is 0 Å². The highest BCUT2D eigenvalue weighted by molar-refractivity contribution is 7.09. The van der Waals surface area contributed by atoms with Gasteiger partial charge in [-0.15, -0.1) is 11.3 Å². The van der Waals surface area contributed by atoms with Gasteiger partial charge in [0.1, 0.15) is 0 Å². The van der Waals surface area contributed by atoms with Crippen molar-refractivity contribution in [1.29, 1.82) is 0 Å². The molecule has 0 saturated heterocycles. The third kappa shape index (κ3) is 3.51. The van der Waals surface area contributed by atoms with Gasteiger partial charge in [-0.3, -0.25) is 0 Å². The Kier molecular flexibility index (Phi) is 5.63. The molecule has 1 aromatic heterocycles. The van der Waals surface area contributed by atoms with Crippen LogP contribution in [0.3, 0.4) is 0 Å². The fourth-order valence-electron chi connectivity index (χ4n) is 2.37. The first-order valence-electron chi connectivity index (χ1n) is 7.03. The molecule has 0 fully saturated rings. The number of methoxy groups -OCH3 is 3. The molecule has 0 aliphatic carbocycles. The molecular formula is C16H22N2O3S. The maximum atomic E-state index is 5.94. The van der Waals surface area contributed by atoms with Crippen LogP contribution < -0.4 is 19.9 Å². The molecule has 0 aliphatic heterocycles. The summed E-state index contributed by atoms with van der Waals surface area (Å²) in [6.07, 6.45) is 0.778. The zero-order valence-electron chi connectivity index (χ0n) is 13.4. The van der Waals surface area contributed by atoms with Gasteiger partial charge in [-0.2, -0.15) is 0 Å². The fourth-order valence-corrected chi connectivity index (χ4v) is 3.28. The minimum atomic E-state index is 0.182. The number of thiazole rings is 1. The zero-order chi connectivity index (χ0) is 16.1. The van der Waals surface area contributed by atoms with Crippen molar-refractivity contribution in [1.82, 2.24) is 4.98 Å². The quantitative estimate of drug-likeness (QED) is 0.849. The summed E-state index contributed by atoms with van der Waals surface area (Å²) < 4.78 is 16.1. The molecule has 0 radical (unpaired) electrons. The number of nitrogens with zero attached hydrogens (tertiary/aromatic N) is 1. The number of hydrogen-bond donors (Lipinski definition) is 1. The number of aromatic nitrogens is 1. The molecule has 1 heterocycles. The van der Waals surface area contributed by atoms with Crippen molar-refractivity contribution in [2.75, 3.05) is 27.9 Å². The van der Waals surface area contributed by atoms with Gasteiger partial charge in [-0.1, -0.05) is 0 Å². The molecule has 0 amide bonds. The van der Waals surface area contributed by atoms with Gasteiger partial charge < -0.3 is 19.9 Å². The highest BCUT2D eigenvalue weighted by atomic mass is 32.1. The first kappa shape index (κ1) is 16.6. The van der Waals surface area contributed by atoms with Gasteiger partial charge in [0.05, 0.1) is 26.3 Å². The van der Waals surface area contributed by atoms with Crippen molar-refractivity contribution in [3.63, 3.8) is 0 Å². The Morgan fingerprint density at radius 1 is 1.14 bits per heavy atom. The second-order valence-corrected chi connectivity index (χ2v) is 5.89. The number of hydrogen-bond acceptors (Lipinski definition) is 6. The molecule has 1 atom stereocenters. The van der Waals surface area contributed by atoms with Crippen LogP contribution in [0.25, 0.3) is 0 Å². The maximum Gasteiger partial charge on any atom is 0.203 e. The Labute approximate surface area is 135 Å². The van der Waals surface area contributed by atoms with Crippen LogP contribution in [0, 0.1) is 6.92 Å². The van der Waals surface area contributed by atoms with Crippen molar-refractivity contribution >= 4 is 11.3 Å². The molecule has 0 aliphatic rings. The van der Waals surface area contributed by atoms with E-state index in [1.807, 2.05) is 24.4 Å². The van der Waals surface area contributed by atoms with Crippen LogP contribution in [0.15, 0.2) is 17.5 Å². The van der Waals surface area contributed by atoms with E-state index in [0.29, 0.717) is 23.8 Å². The Morgan fingerprint density at radius 3 is 2.18 bits per heavy atom. The molecule has 0 spiro atoms. The van der Waals surface area contributed by atoms with E-state index in [9.17, 15) is 0 Å². The molecule has 6 heteroatoms. The maximum absolute atomic E-state index is 5.94. The minimum absolute atomic E-state index is 0.182. The van der Waals surface area contributed by atoms with Gasteiger partial charge in [-0.05, 0) is 31.0 Å². The second kappa shape index (κ2) is 7.47. The third-order valence-corrected chi connectivity index (χ3v) is 4.60. The molecule has 2 aromatic rings. The molecule has 2 rings (SSSR count). The van der Waals surface area contributed by atoms with E-state index in [4.69, 9.17) is 19.9 Å². The van der Waals surface area contributed by atoms with E-state index in [1.165, 1.54) is 0 Å². The molecule has 1 aromatic carbocycles. The average Bonchev–Trinajstić information content (AvgIpc) is 2.97. The third-order valence-electron chi connectivity index (χ3n) is 3.48. The lowest BCUT2D eigenvalue weighted by Gasteiger charge is -2.16. The van der Waals surface area contributed by atoms with Crippen molar-refractivity contribution in [3.8, 4) is 17.2 Å². The van der Waals surface area contributed by atoms with Gasteiger partial charge in [-0.25, -0.2) is 4.98 Å². The summed E-state index contributed by atoms with van der Waals surface area (Å²) in [5.74, 6) is 2.09. The molecule has 5 nitrogen and oxygen atoms in total. The van der Waals surface area contributed by atoms with Crippen LogP contribution in [-0.2, 0) is 6.42 Å². The first-order valence-corrected chi connectivity index (χ1v) is 7.91. The van der Waals surface area contributed by atoms with Crippen molar-refractivity contribution in [2.45, 2.75) is 19.3 Å². The first-order chi connectivity index (χ1) is 10.6. The molecule has 0 saturated carbocycles. The highest BCUT2D eigenvalue weighted by Crippen LogP contribution is 2.39. The molecular weight excluding hydrogens is 300 g/mol. The summed E-state index contributed by atoms with van der Waals surface area (Å²) >= 11 is 1.65. The van der Waals surface area contributed by atoms with Gasteiger partial charge in [0.2, 0.25) is 5.75 Å². The second-order valence-electron chi connectivity index (χ2n) is 5.00. The molecule has 120 valence electrons. The SMILES string of the molecule is COc1cc(CC(CN)c2nc(C)cs2)cc(OC)c1OC. The summed E-state index contributed by atoms with van der Waals surface area (Å²) in [4.78, 5) is 4.55. The average molecular weight is 322 g/mol. The van der Waals surface area contributed by atoms with Crippen LogP contribution in [0.2, 0.25) is 0 Å². The lowest BCUT2D eigenvalue weighted by molar-refractivity contribution is 0.323. The molecule has 1 unspecified atom stereocenters. The summed E-state index contributed by atoms with van der Waals surface area (Å²) in [6, 6.07) is 3.93. The van der Waals surface area contributed by atoms with E-state index in [1.54, 1.807) is 32.7 Å². The van der Waals surface area contributed by atoms with E-state index >= 15 is 0 Å². The number of benzene rings is 1. The predicted molar refractivity (Wildman–Crippen MR) is 88.4 cm³/mol. The zero-order valence-corrected chi connectivity index (χ0v) is 14.2. The fraction of sp³-hybridized carbons (Fsp3) is 0.438. The summed E-state index contributed by atoms with van der Waals surface area (Å²) in [5.41, 5.74) is 8.05. The largest absolute Gasteiger partial charge is 0.493 e. The van der Waals surface area contributed by atoms with Crippen LogP contribution >= 0.6 is 11.3 Å². The lowest BCUT2D eigenvalue weighted by Crippen LogP contribution is -2.15. The highest BCUT2D eigenvalue weighted by Gasteiger charge is 2.18. The summed E-state index contributed by atoms with van der Waals surface area (Å²) in [6.45, 7) is 2.54. The number of ether oxygens (including phenoxy) is 3. The minimum Gasteiger partial charge on any atom is -0.493 e. The van der Waals surface area contributed by atoms with Crippen molar-refractivity contribution < 1.29 is 14.2 Å². The number of nitrogens with two attached hydrogens (primary N) is 1. The Balaban J connectivity index is 2.31. The van der Waals surface area contributed by atoms with Gasteiger partial charge >= 0.3 is 0 Å². The van der Waals surface area contributed by atoms with E-state index in [-0.39, 0.29) is 5.92 Å². The summed E-state index contributed by atoms with van der Waals surface area (Å²) in [7, 11) is 4.83. The van der Waals surface area contributed by atoms with Gasteiger partial charge in [0.15, 0.2) is 11.5 Å². The number of aryl methyl sites for hydroxylation is 1. The van der Waals surface area contributed by atoms with Crippen LogP contribution in [0.5, 0.6) is 17.2 Å². The van der Waals surface area contributed by atoms with Gasteiger partial charge in [0.25, 0.3) is 0 Å². The Bertz CT molecular complexity index is 603.